The molecule has 1 aliphatic heterocycles. The highest BCUT2D eigenvalue weighted by Crippen LogP contribution is 2.42. The first-order valence-corrected chi connectivity index (χ1v) is 8.30. The van der Waals surface area contributed by atoms with Crippen LogP contribution in [0.15, 0.2) is 29.6 Å². The predicted molar refractivity (Wildman–Crippen MR) is 83.1 cm³/mol. The first-order chi connectivity index (χ1) is 9.88. The van der Waals surface area contributed by atoms with Gasteiger partial charge in [-0.3, -0.25) is 4.90 Å². The molecule has 0 radical (unpaired) electrons. The van der Waals surface area contributed by atoms with Crippen LogP contribution in [0.3, 0.4) is 0 Å². The Morgan fingerprint density at radius 2 is 2.15 bits per heavy atom. The summed E-state index contributed by atoms with van der Waals surface area (Å²) in [6.45, 7) is 2.45. The van der Waals surface area contributed by atoms with Crippen molar-refractivity contribution in [2.24, 2.45) is 5.73 Å². The fraction of sp³-hybridized carbons (Fsp3) is 0.500. The van der Waals surface area contributed by atoms with Crippen LogP contribution in [-0.2, 0) is 4.74 Å². The molecule has 2 heterocycles. The Kier molecular flexibility index (Phi) is 3.27. The van der Waals surface area contributed by atoms with Crippen molar-refractivity contribution < 1.29 is 4.74 Å². The number of nitrogens with zero attached hydrogens (tertiary/aromatic N) is 1. The molecule has 2 N–H and O–H groups in total. The van der Waals surface area contributed by atoms with E-state index >= 15 is 0 Å². The molecule has 1 aliphatic carbocycles. The Morgan fingerprint density at radius 3 is 2.95 bits per heavy atom. The van der Waals surface area contributed by atoms with E-state index in [9.17, 15) is 0 Å². The van der Waals surface area contributed by atoms with E-state index in [4.69, 9.17) is 10.5 Å². The average Bonchev–Trinajstić information content (AvgIpc) is 3.26. The summed E-state index contributed by atoms with van der Waals surface area (Å²) in [6, 6.07) is 9.75. The highest BCUT2D eigenvalue weighted by Gasteiger charge is 2.41. The molecule has 106 valence electrons. The lowest BCUT2D eigenvalue weighted by molar-refractivity contribution is -0.0706. The van der Waals surface area contributed by atoms with Crippen molar-refractivity contribution in [1.29, 1.82) is 0 Å². The summed E-state index contributed by atoms with van der Waals surface area (Å²) in [5.74, 6) is 0. The Balaban J connectivity index is 1.78. The van der Waals surface area contributed by atoms with Gasteiger partial charge in [0.1, 0.15) is 0 Å². The van der Waals surface area contributed by atoms with E-state index in [-0.39, 0.29) is 6.10 Å². The topological polar surface area (TPSA) is 38.5 Å². The zero-order valence-corrected chi connectivity index (χ0v) is 12.3. The van der Waals surface area contributed by atoms with Crippen molar-refractivity contribution in [2.75, 3.05) is 19.7 Å². The van der Waals surface area contributed by atoms with Crippen LogP contribution in [0.2, 0.25) is 0 Å². The Morgan fingerprint density at radius 1 is 1.30 bits per heavy atom. The molecule has 1 aromatic carbocycles. The highest BCUT2D eigenvalue weighted by atomic mass is 32.1. The molecule has 2 aliphatic rings. The van der Waals surface area contributed by atoms with Crippen LogP contribution in [0.25, 0.3) is 10.1 Å². The van der Waals surface area contributed by atoms with Crippen LogP contribution in [-0.4, -0.2) is 36.7 Å². The molecule has 2 unspecified atom stereocenters. The number of nitrogens with two attached hydrogens (primary N) is 1. The third-order valence-electron chi connectivity index (χ3n) is 4.47. The minimum Gasteiger partial charge on any atom is -0.374 e. The summed E-state index contributed by atoms with van der Waals surface area (Å²) in [5, 5.41) is 3.68. The zero-order valence-electron chi connectivity index (χ0n) is 11.5. The second-order valence-corrected chi connectivity index (χ2v) is 6.66. The van der Waals surface area contributed by atoms with Gasteiger partial charge in [-0.25, -0.2) is 0 Å². The summed E-state index contributed by atoms with van der Waals surface area (Å²) in [5.41, 5.74) is 7.39. The Labute approximate surface area is 123 Å². The molecule has 1 aromatic heterocycles. The summed E-state index contributed by atoms with van der Waals surface area (Å²) in [7, 11) is 0. The van der Waals surface area contributed by atoms with E-state index in [0.29, 0.717) is 12.6 Å². The SMILES string of the molecule is NCC1OCCN(C2CC2)C1c1csc2ccccc12. The minimum absolute atomic E-state index is 0.127. The smallest absolute Gasteiger partial charge is 0.0894 e. The number of morpholine rings is 1. The lowest BCUT2D eigenvalue weighted by atomic mass is 9.97. The van der Waals surface area contributed by atoms with Crippen LogP contribution >= 0.6 is 11.3 Å². The number of rotatable bonds is 3. The van der Waals surface area contributed by atoms with Gasteiger partial charge in [0.2, 0.25) is 0 Å². The van der Waals surface area contributed by atoms with Gasteiger partial charge in [-0.2, -0.15) is 0 Å². The second kappa shape index (κ2) is 5.11. The fourth-order valence-corrected chi connectivity index (χ4v) is 4.36. The van der Waals surface area contributed by atoms with Gasteiger partial charge < -0.3 is 10.5 Å². The first kappa shape index (κ1) is 12.8. The zero-order chi connectivity index (χ0) is 13.5. The molecule has 2 atom stereocenters. The van der Waals surface area contributed by atoms with Gasteiger partial charge in [0.05, 0.1) is 18.8 Å². The van der Waals surface area contributed by atoms with Crippen molar-refractivity contribution >= 4 is 21.4 Å². The molecule has 2 fully saturated rings. The lowest BCUT2D eigenvalue weighted by Crippen LogP contribution is -2.49. The first-order valence-electron chi connectivity index (χ1n) is 7.42. The molecular formula is C16H20N2OS. The summed E-state index contributed by atoms with van der Waals surface area (Å²) >= 11 is 1.83. The Bertz CT molecular complexity index is 607. The summed E-state index contributed by atoms with van der Waals surface area (Å²) in [6.07, 6.45) is 2.79. The fourth-order valence-electron chi connectivity index (χ4n) is 3.37. The van der Waals surface area contributed by atoms with Gasteiger partial charge >= 0.3 is 0 Å². The lowest BCUT2D eigenvalue weighted by Gasteiger charge is -2.41. The van der Waals surface area contributed by atoms with E-state index in [2.05, 4.69) is 34.5 Å². The van der Waals surface area contributed by atoms with Gasteiger partial charge in [-0.15, -0.1) is 11.3 Å². The van der Waals surface area contributed by atoms with Crippen molar-refractivity contribution in [2.45, 2.75) is 31.0 Å². The molecular weight excluding hydrogens is 268 g/mol. The molecule has 0 spiro atoms. The van der Waals surface area contributed by atoms with Crippen LogP contribution in [0.1, 0.15) is 24.4 Å². The normalized spacial score (nSPS) is 28.1. The maximum absolute atomic E-state index is 5.98. The van der Waals surface area contributed by atoms with Crippen LogP contribution < -0.4 is 5.73 Å². The molecule has 1 saturated heterocycles. The Hall–Kier alpha value is -0.940. The van der Waals surface area contributed by atoms with Gasteiger partial charge in [-0.1, -0.05) is 18.2 Å². The molecule has 2 aromatic rings. The maximum atomic E-state index is 5.98. The van der Waals surface area contributed by atoms with E-state index < -0.39 is 0 Å². The highest BCUT2D eigenvalue weighted by molar-refractivity contribution is 7.17. The number of fused-ring (bicyclic) bond motifs is 1. The average molecular weight is 288 g/mol. The summed E-state index contributed by atoms with van der Waals surface area (Å²) < 4.78 is 7.32. The van der Waals surface area contributed by atoms with Gasteiger partial charge in [0.15, 0.2) is 0 Å². The van der Waals surface area contributed by atoms with Crippen molar-refractivity contribution in [3.63, 3.8) is 0 Å². The van der Waals surface area contributed by atoms with Crippen molar-refractivity contribution in [3.05, 3.63) is 35.2 Å². The quantitative estimate of drug-likeness (QED) is 0.944. The largest absolute Gasteiger partial charge is 0.374 e. The number of benzene rings is 1. The van der Waals surface area contributed by atoms with Gasteiger partial charge in [0, 0.05) is 23.8 Å². The van der Waals surface area contributed by atoms with Crippen molar-refractivity contribution in [1.82, 2.24) is 4.90 Å². The number of ether oxygens (including phenoxy) is 1. The monoisotopic (exact) mass is 288 g/mol. The van der Waals surface area contributed by atoms with E-state index in [1.807, 2.05) is 11.3 Å². The molecule has 4 rings (SSSR count). The maximum Gasteiger partial charge on any atom is 0.0894 e. The number of hydrogen-bond donors (Lipinski definition) is 1. The van der Waals surface area contributed by atoms with E-state index in [1.54, 1.807) is 0 Å². The molecule has 0 amide bonds. The third kappa shape index (κ3) is 2.07. The van der Waals surface area contributed by atoms with Gasteiger partial charge in [0.25, 0.3) is 0 Å². The van der Waals surface area contributed by atoms with Gasteiger partial charge in [-0.05, 0) is 35.2 Å². The van der Waals surface area contributed by atoms with Crippen LogP contribution in [0.5, 0.6) is 0 Å². The standard InChI is InChI=1S/C16H20N2OS/c17-9-14-16(18(7-8-19-14)11-5-6-11)13-10-20-15-4-2-1-3-12(13)15/h1-4,10-11,14,16H,5-9,17H2. The number of thiophene rings is 1. The van der Waals surface area contributed by atoms with Crippen LogP contribution in [0.4, 0.5) is 0 Å². The van der Waals surface area contributed by atoms with Crippen molar-refractivity contribution in [3.8, 4) is 0 Å². The molecule has 4 heteroatoms. The summed E-state index contributed by atoms with van der Waals surface area (Å²) in [4.78, 5) is 2.63. The van der Waals surface area contributed by atoms with E-state index in [1.165, 1.54) is 28.5 Å². The molecule has 3 nitrogen and oxygen atoms in total. The molecule has 1 saturated carbocycles. The minimum atomic E-state index is 0.127. The van der Waals surface area contributed by atoms with Crippen LogP contribution in [0, 0.1) is 0 Å². The van der Waals surface area contributed by atoms with E-state index in [0.717, 1.165) is 19.2 Å². The number of hydrogen-bond acceptors (Lipinski definition) is 4. The molecule has 20 heavy (non-hydrogen) atoms. The second-order valence-electron chi connectivity index (χ2n) is 5.75. The predicted octanol–water partition coefficient (Wildman–Crippen LogP) is 2.76. The third-order valence-corrected chi connectivity index (χ3v) is 5.45. The molecule has 0 bridgehead atoms.